The molecule has 2 fully saturated rings. The monoisotopic (exact) mass is 268 g/mol. The van der Waals surface area contributed by atoms with Crippen LogP contribution in [0, 0.1) is 0 Å². The van der Waals surface area contributed by atoms with E-state index in [0.29, 0.717) is 18.7 Å². The zero-order chi connectivity index (χ0) is 12.8. The summed E-state index contributed by atoms with van der Waals surface area (Å²) in [5.74, 6) is 0.358. The first kappa shape index (κ1) is 12.0. The molecular weight excluding hydrogens is 252 g/mol. The van der Waals surface area contributed by atoms with Crippen molar-refractivity contribution in [2.24, 2.45) is 0 Å². The van der Waals surface area contributed by atoms with E-state index in [1.807, 2.05) is 0 Å². The Kier molecular flexibility index (Phi) is 2.67. The molecule has 1 aromatic heterocycles. The van der Waals surface area contributed by atoms with Crippen LogP contribution in [0.15, 0.2) is 18.5 Å². The summed E-state index contributed by atoms with van der Waals surface area (Å²) in [6, 6.07) is 1.69. The number of rotatable bonds is 1. The Morgan fingerprint density at radius 2 is 1.72 bits per heavy atom. The molecule has 2 atom stereocenters. The molecule has 6 heteroatoms. The summed E-state index contributed by atoms with van der Waals surface area (Å²) >= 11 is 0. The third-order valence-corrected chi connectivity index (χ3v) is 6.76. The number of sulfone groups is 1. The molecule has 0 amide bonds. The van der Waals surface area contributed by atoms with Crippen LogP contribution < -0.4 is 0 Å². The van der Waals surface area contributed by atoms with Crippen LogP contribution in [-0.2, 0) is 15.4 Å². The SMILES string of the molecule is O=S1(=O)C2CCCC1CC(O)(c1ncccn1)C2. The second-order valence-electron chi connectivity index (χ2n) is 5.28. The normalized spacial score (nSPS) is 38.3. The van der Waals surface area contributed by atoms with Crippen molar-refractivity contribution in [3.05, 3.63) is 24.3 Å². The third-order valence-electron chi connectivity index (χ3n) is 4.09. The summed E-state index contributed by atoms with van der Waals surface area (Å²) in [5.41, 5.74) is -1.18. The quantitative estimate of drug-likeness (QED) is 0.814. The molecule has 2 bridgehead atoms. The second kappa shape index (κ2) is 3.99. The van der Waals surface area contributed by atoms with Gasteiger partial charge in [-0.1, -0.05) is 6.42 Å². The molecule has 0 spiro atoms. The van der Waals surface area contributed by atoms with Gasteiger partial charge in [0.25, 0.3) is 0 Å². The van der Waals surface area contributed by atoms with E-state index in [2.05, 4.69) is 9.97 Å². The molecule has 3 heterocycles. The van der Waals surface area contributed by atoms with E-state index < -0.39 is 25.9 Å². The van der Waals surface area contributed by atoms with Gasteiger partial charge in [0, 0.05) is 25.2 Å². The standard InChI is InChI=1S/C12H16N2O3S/c15-12(11-13-5-2-6-14-11)7-9-3-1-4-10(8-12)18(9,16)17/h2,5-6,9-10,15H,1,3-4,7-8H2. The van der Waals surface area contributed by atoms with Gasteiger partial charge in [-0.2, -0.15) is 0 Å². The first-order valence-corrected chi connectivity index (χ1v) is 7.86. The molecule has 0 aliphatic carbocycles. The van der Waals surface area contributed by atoms with Gasteiger partial charge in [0.15, 0.2) is 15.7 Å². The Labute approximate surface area is 106 Å². The van der Waals surface area contributed by atoms with Crippen molar-refractivity contribution in [3.8, 4) is 0 Å². The topological polar surface area (TPSA) is 80.2 Å². The van der Waals surface area contributed by atoms with Crippen LogP contribution in [0.25, 0.3) is 0 Å². The average Bonchev–Trinajstić information content (AvgIpc) is 2.33. The van der Waals surface area contributed by atoms with Crippen molar-refractivity contribution in [3.63, 3.8) is 0 Å². The molecule has 1 aromatic rings. The number of aromatic nitrogens is 2. The Balaban J connectivity index is 1.98. The fraction of sp³-hybridized carbons (Fsp3) is 0.667. The number of aliphatic hydroxyl groups is 1. The van der Waals surface area contributed by atoms with Crippen molar-refractivity contribution < 1.29 is 13.5 Å². The molecule has 18 heavy (non-hydrogen) atoms. The minimum atomic E-state index is -3.06. The molecule has 2 aliphatic heterocycles. The maximum atomic E-state index is 12.2. The van der Waals surface area contributed by atoms with E-state index in [9.17, 15) is 13.5 Å². The number of hydrogen-bond donors (Lipinski definition) is 1. The summed E-state index contributed by atoms with van der Waals surface area (Å²) in [7, 11) is -3.06. The molecule has 0 radical (unpaired) electrons. The summed E-state index contributed by atoms with van der Waals surface area (Å²) in [5, 5.41) is 9.83. The van der Waals surface area contributed by atoms with Crippen LogP contribution in [0.2, 0.25) is 0 Å². The molecule has 2 unspecified atom stereocenters. The fourth-order valence-electron chi connectivity index (χ4n) is 3.17. The van der Waals surface area contributed by atoms with Crippen LogP contribution in [0.5, 0.6) is 0 Å². The van der Waals surface area contributed by atoms with E-state index in [1.165, 1.54) is 0 Å². The van der Waals surface area contributed by atoms with Crippen molar-refractivity contribution in [2.75, 3.05) is 0 Å². The van der Waals surface area contributed by atoms with Gasteiger partial charge in [0.1, 0.15) is 5.60 Å². The van der Waals surface area contributed by atoms with Gasteiger partial charge in [-0.25, -0.2) is 18.4 Å². The zero-order valence-corrected chi connectivity index (χ0v) is 10.8. The Hall–Kier alpha value is -1.01. The maximum absolute atomic E-state index is 12.2. The molecule has 5 nitrogen and oxygen atoms in total. The molecule has 1 N–H and O–H groups in total. The van der Waals surface area contributed by atoms with Crippen molar-refractivity contribution in [1.29, 1.82) is 0 Å². The Bertz CT molecular complexity index is 524. The van der Waals surface area contributed by atoms with Gasteiger partial charge >= 0.3 is 0 Å². The molecule has 2 saturated heterocycles. The highest BCUT2D eigenvalue weighted by atomic mass is 32.2. The highest BCUT2D eigenvalue weighted by Crippen LogP contribution is 2.44. The lowest BCUT2D eigenvalue weighted by Crippen LogP contribution is -2.50. The molecule has 0 saturated carbocycles. The average molecular weight is 268 g/mol. The number of hydrogen-bond acceptors (Lipinski definition) is 5. The van der Waals surface area contributed by atoms with Crippen molar-refractivity contribution in [1.82, 2.24) is 9.97 Å². The molecule has 3 rings (SSSR count). The fourth-order valence-corrected chi connectivity index (χ4v) is 5.72. The Morgan fingerprint density at radius 3 is 2.28 bits per heavy atom. The Morgan fingerprint density at radius 1 is 1.17 bits per heavy atom. The lowest BCUT2D eigenvalue weighted by Gasteiger charge is -2.42. The van der Waals surface area contributed by atoms with Gasteiger partial charge in [-0.05, 0) is 18.9 Å². The van der Waals surface area contributed by atoms with Crippen molar-refractivity contribution in [2.45, 2.75) is 48.2 Å². The van der Waals surface area contributed by atoms with Crippen LogP contribution in [-0.4, -0.2) is 34.0 Å². The number of fused-ring (bicyclic) bond motifs is 2. The summed E-state index contributed by atoms with van der Waals surface area (Å²) in [6.07, 6.45) is 5.85. The third kappa shape index (κ3) is 1.75. The van der Waals surface area contributed by atoms with Gasteiger partial charge in [-0.15, -0.1) is 0 Å². The molecule has 98 valence electrons. The van der Waals surface area contributed by atoms with Crippen LogP contribution in [0.1, 0.15) is 37.9 Å². The molecule has 2 aliphatic rings. The van der Waals surface area contributed by atoms with Crippen LogP contribution >= 0.6 is 0 Å². The minimum absolute atomic E-state index is 0.232. The summed E-state index contributed by atoms with van der Waals surface area (Å²) in [6.45, 7) is 0. The van der Waals surface area contributed by atoms with E-state index in [-0.39, 0.29) is 12.8 Å². The number of nitrogens with zero attached hydrogens (tertiary/aromatic N) is 2. The van der Waals surface area contributed by atoms with E-state index in [0.717, 1.165) is 6.42 Å². The highest BCUT2D eigenvalue weighted by molar-refractivity contribution is 7.92. The second-order valence-corrected chi connectivity index (χ2v) is 7.79. The minimum Gasteiger partial charge on any atom is -0.382 e. The van der Waals surface area contributed by atoms with E-state index in [4.69, 9.17) is 0 Å². The van der Waals surface area contributed by atoms with Crippen LogP contribution in [0.4, 0.5) is 0 Å². The predicted molar refractivity (Wildman–Crippen MR) is 65.5 cm³/mol. The maximum Gasteiger partial charge on any atom is 0.160 e. The zero-order valence-electron chi connectivity index (χ0n) is 9.99. The molecular formula is C12H16N2O3S. The first-order valence-electron chi connectivity index (χ1n) is 6.25. The summed E-state index contributed by atoms with van der Waals surface area (Å²) in [4.78, 5) is 8.19. The highest BCUT2D eigenvalue weighted by Gasteiger charge is 2.52. The molecule has 0 aromatic carbocycles. The predicted octanol–water partition coefficient (Wildman–Crippen LogP) is 0.794. The summed E-state index contributed by atoms with van der Waals surface area (Å²) < 4.78 is 24.3. The van der Waals surface area contributed by atoms with E-state index in [1.54, 1.807) is 18.5 Å². The van der Waals surface area contributed by atoms with Gasteiger partial charge in [0.05, 0.1) is 10.5 Å². The van der Waals surface area contributed by atoms with E-state index >= 15 is 0 Å². The smallest absolute Gasteiger partial charge is 0.160 e. The largest absolute Gasteiger partial charge is 0.382 e. The lowest BCUT2D eigenvalue weighted by atomic mass is 9.85. The van der Waals surface area contributed by atoms with Gasteiger partial charge in [0.2, 0.25) is 0 Å². The van der Waals surface area contributed by atoms with Gasteiger partial charge in [-0.3, -0.25) is 0 Å². The lowest BCUT2D eigenvalue weighted by molar-refractivity contribution is -0.00336. The van der Waals surface area contributed by atoms with Crippen LogP contribution in [0.3, 0.4) is 0 Å². The van der Waals surface area contributed by atoms with Gasteiger partial charge < -0.3 is 5.11 Å². The first-order chi connectivity index (χ1) is 8.52. The van der Waals surface area contributed by atoms with Crippen molar-refractivity contribution >= 4 is 9.84 Å².